The fourth-order valence-corrected chi connectivity index (χ4v) is 7.68. The molecule has 2 atom stereocenters. The number of aliphatic carboxylic acids is 1. The summed E-state index contributed by atoms with van der Waals surface area (Å²) in [6.07, 6.45) is 0.587. The van der Waals surface area contributed by atoms with Crippen LogP contribution in [0.25, 0.3) is 10.9 Å². The van der Waals surface area contributed by atoms with Crippen LogP contribution in [0.5, 0.6) is 0 Å². The van der Waals surface area contributed by atoms with E-state index in [1.807, 2.05) is 30.3 Å². The molecule has 3 N–H and O–H groups in total. The molecule has 0 saturated carbocycles. The van der Waals surface area contributed by atoms with Crippen LogP contribution in [-0.2, 0) is 36.5 Å². The summed E-state index contributed by atoms with van der Waals surface area (Å²) in [6.45, 7) is 0. The molecule has 0 bridgehead atoms. The van der Waals surface area contributed by atoms with E-state index < -0.39 is 59.9 Å². The number of halogens is 4. The van der Waals surface area contributed by atoms with Crippen molar-refractivity contribution in [3.8, 4) is 11.8 Å². The van der Waals surface area contributed by atoms with E-state index in [-0.39, 0.29) is 5.56 Å². The summed E-state index contributed by atoms with van der Waals surface area (Å²) in [7, 11) is -3.09. The molecule has 1 unspecified atom stereocenters. The molecule has 0 fully saturated rings. The van der Waals surface area contributed by atoms with Gasteiger partial charge in [-0.05, 0) is 0 Å². The third kappa shape index (κ3) is 5.26. The average molecular weight is 602 g/mol. The van der Waals surface area contributed by atoms with Gasteiger partial charge in [0, 0.05) is 0 Å². The molecule has 2 heterocycles. The van der Waals surface area contributed by atoms with Crippen molar-refractivity contribution in [3.63, 3.8) is 0 Å². The third-order valence-corrected chi connectivity index (χ3v) is 10.8. The van der Waals surface area contributed by atoms with Crippen molar-refractivity contribution in [2.45, 2.75) is 16.7 Å². The molecule has 4 rings (SSSR count). The normalized spacial score (nSPS) is 13.7. The van der Waals surface area contributed by atoms with E-state index in [0.717, 1.165) is 23.1 Å². The summed E-state index contributed by atoms with van der Waals surface area (Å²) in [5.41, 5.74) is 0.0497. The van der Waals surface area contributed by atoms with Gasteiger partial charge in [0.25, 0.3) is 0 Å². The van der Waals surface area contributed by atoms with Crippen LogP contribution in [0.3, 0.4) is 0 Å². The molecule has 2 aromatic heterocycles. The molecule has 0 aliphatic rings. The predicted octanol–water partition coefficient (Wildman–Crippen LogP) is 4.49. The van der Waals surface area contributed by atoms with Gasteiger partial charge in [-0.3, -0.25) is 0 Å². The van der Waals surface area contributed by atoms with E-state index in [1.165, 1.54) is 18.0 Å². The molecule has 0 saturated heterocycles. The molecule has 0 aliphatic carbocycles. The van der Waals surface area contributed by atoms with Crippen molar-refractivity contribution in [2.24, 2.45) is 0 Å². The first-order valence-electron chi connectivity index (χ1n) is 9.82. The van der Waals surface area contributed by atoms with Gasteiger partial charge in [0.1, 0.15) is 0 Å². The molecule has 2 aromatic carbocycles. The van der Waals surface area contributed by atoms with Crippen LogP contribution in [0.1, 0.15) is 16.0 Å². The summed E-state index contributed by atoms with van der Waals surface area (Å²) in [5.74, 6) is -2.72. The van der Waals surface area contributed by atoms with Crippen LogP contribution in [0, 0.1) is 35.1 Å². The quantitative estimate of drug-likeness (QED) is 0.100. The summed E-state index contributed by atoms with van der Waals surface area (Å²) < 4.78 is 71.9. The zero-order valence-corrected chi connectivity index (χ0v) is 21.0. The second kappa shape index (κ2) is 10.1. The fourth-order valence-electron chi connectivity index (χ4n) is 3.29. The molecule has 0 aliphatic heterocycles. The van der Waals surface area contributed by atoms with Crippen molar-refractivity contribution in [1.82, 2.24) is 9.71 Å². The number of aromatic amines is 1. The van der Waals surface area contributed by atoms with Crippen molar-refractivity contribution in [2.75, 3.05) is 0 Å². The second-order valence-electron chi connectivity index (χ2n) is 7.27. The Balaban J connectivity index is 1.60. The standard InChI is InChI=1S/C23H14F4N2O3S2.Mo/c24-18-17-13(11-28-22(17)21(27)20(26)19(18)25)10-15(23(30)31)29-34(32)16-9-8-14(33-16)7-6-12-4-2-1-3-5-12;/h1-5,8-9,11,15,28-29H,10H2,(H,30,31);/t15-,34?;/m0./s1. The van der Waals surface area contributed by atoms with Gasteiger partial charge in [0.05, 0.1) is 0 Å². The average Bonchev–Trinajstić information content (AvgIpc) is 3.48. The van der Waals surface area contributed by atoms with Crippen LogP contribution in [0.4, 0.5) is 17.6 Å². The van der Waals surface area contributed by atoms with Gasteiger partial charge < -0.3 is 0 Å². The minimum atomic E-state index is -3.09. The zero-order chi connectivity index (χ0) is 25.3. The van der Waals surface area contributed by atoms with Gasteiger partial charge in [-0.25, -0.2) is 0 Å². The monoisotopic (exact) mass is 604 g/mol. The number of nitrogens with one attached hydrogen (secondary N) is 2. The molecular weight excluding hydrogens is 588 g/mol. The SMILES string of the molecule is O=C(O)[C@H](Cc1c[nH]c2c(F)c(F)c(F)c(F)c12)N[S](=O)(=[Mo])c1ccc(C#Cc2ccccc2)s1. The Kier molecular flexibility index (Phi) is 7.29. The van der Waals surface area contributed by atoms with Gasteiger partial charge in [-0.2, -0.15) is 0 Å². The molecule has 0 spiro atoms. The number of fused-ring (bicyclic) bond motifs is 1. The molecule has 35 heavy (non-hydrogen) atoms. The van der Waals surface area contributed by atoms with Crippen molar-refractivity contribution in [3.05, 3.63) is 87.9 Å². The Morgan fingerprint density at radius 1 is 1.06 bits per heavy atom. The topological polar surface area (TPSA) is 82.2 Å². The molecular formula is C23H14F4MoN2O3S2. The number of carboxylic acid groups (broad SMARTS) is 1. The van der Waals surface area contributed by atoms with Gasteiger partial charge in [-0.15, -0.1) is 0 Å². The van der Waals surface area contributed by atoms with Crippen LogP contribution in [0.2, 0.25) is 0 Å². The number of carbonyl (C=O) groups is 1. The van der Waals surface area contributed by atoms with Crippen LogP contribution in [0.15, 0.2) is 52.9 Å². The van der Waals surface area contributed by atoms with E-state index in [4.69, 9.17) is 0 Å². The van der Waals surface area contributed by atoms with E-state index in [1.54, 1.807) is 12.1 Å². The second-order valence-corrected chi connectivity index (χ2v) is 13.8. The summed E-state index contributed by atoms with van der Waals surface area (Å²) in [4.78, 5) is 14.8. The molecule has 12 heteroatoms. The summed E-state index contributed by atoms with van der Waals surface area (Å²) in [5, 5.41) is 9.07. The number of hydrogen-bond donors (Lipinski definition) is 3. The van der Waals surface area contributed by atoms with Crippen molar-refractivity contribution < 1.29 is 49.7 Å². The number of benzene rings is 2. The van der Waals surface area contributed by atoms with Crippen LogP contribution < -0.4 is 4.72 Å². The zero-order valence-electron chi connectivity index (χ0n) is 17.4. The first kappa shape index (κ1) is 25.3. The van der Waals surface area contributed by atoms with Gasteiger partial charge in [-0.1, -0.05) is 0 Å². The van der Waals surface area contributed by atoms with E-state index in [0.29, 0.717) is 9.09 Å². The molecule has 0 radical (unpaired) electrons. The van der Waals surface area contributed by atoms with Gasteiger partial charge >= 0.3 is 211 Å². The maximum atomic E-state index is 14.3. The van der Waals surface area contributed by atoms with Gasteiger partial charge in [0.2, 0.25) is 0 Å². The number of H-pyrrole nitrogens is 1. The Bertz CT molecular complexity index is 1610. The Morgan fingerprint density at radius 2 is 1.74 bits per heavy atom. The van der Waals surface area contributed by atoms with Crippen molar-refractivity contribution >= 4 is 35.5 Å². The Morgan fingerprint density at radius 3 is 2.43 bits per heavy atom. The fraction of sp³-hybridized carbons (Fsp3) is 0.0870. The third-order valence-electron chi connectivity index (χ3n) is 4.95. The number of aromatic nitrogens is 1. The molecule has 180 valence electrons. The van der Waals surface area contributed by atoms with Gasteiger partial charge in [0.15, 0.2) is 0 Å². The maximum absolute atomic E-state index is 14.3. The number of thiophene rings is 1. The van der Waals surface area contributed by atoms with Crippen molar-refractivity contribution in [1.29, 1.82) is 0 Å². The summed E-state index contributed by atoms with van der Waals surface area (Å²) in [6, 6.07) is 10.9. The van der Waals surface area contributed by atoms with Crippen LogP contribution >= 0.6 is 11.3 Å². The minimum absolute atomic E-state index is 0.118. The molecule has 4 aromatic rings. The predicted molar refractivity (Wildman–Crippen MR) is 120 cm³/mol. The summed E-state index contributed by atoms with van der Waals surface area (Å²) >= 11 is 2.34. The van der Waals surface area contributed by atoms with Crippen LogP contribution in [-0.4, -0.2) is 26.3 Å². The number of carboxylic acids is 1. The first-order chi connectivity index (χ1) is 16.6. The number of hydrogen-bond acceptors (Lipinski definition) is 3. The number of rotatable bonds is 6. The first-order valence-corrected chi connectivity index (χ1v) is 14.6. The molecule has 0 amide bonds. The molecule has 5 nitrogen and oxygen atoms in total. The van der Waals surface area contributed by atoms with E-state index in [2.05, 4.69) is 21.5 Å². The Labute approximate surface area is 210 Å². The van der Waals surface area contributed by atoms with E-state index >= 15 is 0 Å². The van der Waals surface area contributed by atoms with E-state index in [9.17, 15) is 31.7 Å². The Hall–Kier alpha value is -2.77.